The highest BCUT2D eigenvalue weighted by molar-refractivity contribution is 5.89. The summed E-state index contributed by atoms with van der Waals surface area (Å²) in [6.45, 7) is 3.07. The number of hydrogen-bond donors (Lipinski definition) is 3. The largest absolute Gasteiger partial charge is 0.512 e. The molecule has 1 aliphatic rings. The minimum absolute atomic E-state index is 0.0975. The Morgan fingerprint density at radius 1 is 1.26 bits per heavy atom. The molecule has 3 N–H and O–H groups in total. The van der Waals surface area contributed by atoms with Gasteiger partial charge in [0.1, 0.15) is 6.10 Å². The lowest BCUT2D eigenvalue weighted by Gasteiger charge is -2.26. The van der Waals surface area contributed by atoms with Gasteiger partial charge in [0.2, 0.25) is 0 Å². The van der Waals surface area contributed by atoms with Crippen LogP contribution in [0.2, 0.25) is 0 Å². The van der Waals surface area contributed by atoms with E-state index < -0.39 is 60.0 Å². The summed E-state index contributed by atoms with van der Waals surface area (Å²) >= 11 is 0. The van der Waals surface area contributed by atoms with Gasteiger partial charge in [-0.3, -0.25) is 4.79 Å². The third-order valence-electron chi connectivity index (χ3n) is 5.80. The number of ether oxygens (including phenoxy) is 1. The zero-order chi connectivity index (χ0) is 23.2. The predicted molar refractivity (Wildman–Crippen MR) is 110 cm³/mol. The van der Waals surface area contributed by atoms with E-state index in [0.29, 0.717) is 12.8 Å². The fraction of sp³-hybridized carbons (Fsp3) is 0.565. The lowest BCUT2D eigenvalue weighted by atomic mass is 9.86. The van der Waals surface area contributed by atoms with Crippen molar-refractivity contribution in [3.8, 4) is 0 Å². The molecule has 1 saturated carbocycles. The molecule has 6 nitrogen and oxygen atoms in total. The summed E-state index contributed by atoms with van der Waals surface area (Å²) in [6.07, 6.45) is -1.22. The van der Waals surface area contributed by atoms with Crippen LogP contribution in [-0.2, 0) is 9.53 Å². The minimum Gasteiger partial charge on any atom is -0.512 e. The van der Waals surface area contributed by atoms with Gasteiger partial charge in [-0.05, 0) is 24.6 Å². The number of aliphatic carboxylic acids is 1. The van der Waals surface area contributed by atoms with E-state index in [9.17, 15) is 33.7 Å². The van der Waals surface area contributed by atoms with Crippen molar-refractivity contribution < 1.29 is 38.4 Å². The zero-order valence-corrected chi connectivity index (χ0v) is 17.7. The van der Waals surface area contributed by atoms with Crippen molar-refractivity contribution in [1.82, 2.24) is 0 Å². The maximum absolute atomic E-state index is 14.4. The van der Waals surface area contributed by atoms with Gasteiger partial charge in [-0.2, -0.15) is 0 Å². The van der Waals surface area contributed by atoms with E-state index in [-0.39, 0.29) is 18.4 Å². The van der Waals surface area contributed by atoms with Crippen LogP contribution in [0.25, 0.3) is 0 Å². The van der Waals surface area contributed by atoms with E-state index >= 15 is 0 Å². The zero-order valence-electron chi connectivity index (χ0n) is 17.7. The molecule has 0 heterocycles. The smallest absolute Gasteiger partial charge is 0.338 e. The number of carboxylic acids is 1. The highest BCUT2D eigenvalue weighted by Crippen LogP contribution is 2.42. The molecule has 1 aliphatic carbocycles. The van der Waals surface area contributed by atoms with Crippen LogP contribution in [0.1, 0.15) is 56.3 Å². The number of alkyl halides is 2. The molecule has 0 spiro atoms. The van der Waals surface area contributed by atoms with Crippen LogP contribution in [0.5, 0.6) is 0 Å². The topological polar surface area (TPSA) is 104 Å². The van der Waals surface area contributed by atoms with Gasteiger partial charge >= 0.3 is 11.9 Å². The van der Waals surface area contributed by atoms with E-state index in [1.807, 2.05) is 0 Å². The average Bonchev–Trinajstić information content (AvgIpc) is 3.01. The molecule has 0 aromatic heterocycles. The fourth-order valence-corrected chi connectivity index (χ4v) is 3.98. The first-order valence-electron chi connectivity index (χ1n) is 10.5. The van der Waals surface area contributed by atoms with Gasteiger partial charge in [-0.1, -0.05) is 38.5 Å². The molecule has 8 heteroatoms. The van der Waals surface area contributed by atoms with Crippen molar-refractivity contribution in [2.75, 3.05) is 0 Å². The monoisotopic (exact) mass is 440 g/mol. The third kappa shape index (κ3) is 6.50. The number of esters is 1. The van der Waals surface area contributed by atoms with E-state index in [0.717, 1.165) is 6.08 Å². The molecule has 0 amide bonds. The number of hydrogen-bond acceptors (Lipinski definition) is 5. The molecule has 1 aromatic rings. The minimum atomic E-state index is -3.06. The number of benzene rings is 1. The molecule has 5 atom stereocenters. The van der Waals surface area contributed by atoms with Crippen LogP contribution >= 0.6 is 0 Å². The summed E-state index contributed by atoms with van der Waals surface area (Å²) in [7, 11) is 0. The number of carboxylic acid groups (broad SMARTS) is 1. The molecule has 0 aliphatic heterocycles. The fourth-order valence-electron chi connectivity index (χ4n) is 3.98. The summed E-state index contributed by atoms with van der Waals surface area (Å²) in [5.41, 5.74) is 0.250. The number of carbonyl (C=O) groups is 2. The Bertz CT molecular complexity index is 780. The number of unbranched alkanes of at least 4 members (excludes halogenated alkanes) is 1. The predicted octanol–water partition coefficient (Wildman–Crippen LogP) is 4.59. The van der Waals surface area contributed by atoms with Crippen molar-refractivity contribution in [3.63, 3.8) is 0 Å². The summed E-state index contributed by atoms with van der Waals surface area (Å²) in [5.74, 6) is -8.84. The Labute approximate surface area is 180 Å². The summed E-state index contributed by atoms with van der Waals surface area (Å²) in [6, 6.07) is 8.06. The second-order valence-corrected chi connectivity index (χ2v) is 8.15. The van der Waals surface area contributed by atoms with Crippen molar-refractivity contribution in [3.05, 3.63) is 47.7 Å². The Morgan fingerprint density at radius 3 is 2.48 bits per heavy atom. The highest BCUT2D eigenvalue weighted by Gasteiger charge is 2.48. The molecular weight excluding hydrogens is 410 g/mol. The van der Waals surface area contributed by atoms with Crippen molar-refractivity contribution in [1.29, 1.82) is 0 Å². The average molecular weight is 440 g/mol. The lowest BCUT2D eigenvalue weighted by Crippen LogP contribution is -2.31. The van der Waals surface area contributed by atoms with E-state index in [4.69, 9.17) is 4.74 Å². The van der Waals surface area contributed by atoms with Crippen LogP contribution in [0.15, 0.2) is 42.2 Å². The first kappa shape index (κ1) is 24.8. The molecule has 2 rings (SSSR count). The Morgan fingerprint density at radius 2 is 1.90 bits per heavy atom. The quantitative estimate of drug-likeness (QED) is 0.363. The number of halogens is 2. The maximum atomic E-state index is 14.4. The van der Waals surface area contributed by atoms with Gasteiger partial charge in [-0.25, -0.2) is 13.6 Å². The number of aliphatic hydroxyl groups is 2. The summed E-state index contributed by atoms with van der Waals surface area (Å²) in [4.78, 5) is 23.7. The molecule has 0 unspecified atom stereocenters. The standard InChI is InChI=1S/C23H30F2O6/c1-3-4-10-23(24,25)14(2)11-18(27)21-16(12-20(28)29)17(26)13-19(21)31-22(30)15-8-6-5-7-9-15/h5-9,11,14,16-17,19,21,26-27H,3-4,10,12-13H2,1-2H3,(H,28,29)/t14-,16-,17-,19+,21-/m0/s1. The summed E-state index contributed by atoms with van der Waals surface area (Å²) < 4.78 is 34.2. The molecule has 1 aromatic carbocycles. The van der Waals surface area contributed by atoms with Crippen molar-refractivity contribution >= 4 is 11.9 Å². The third-order valence-corrected chi connectivity index (χ3v) is 5.80. The second-order valence-electron chi connectivity index (χ2n) is 8.15. The molecule has 0 radical (unpaired) electrons. The van der Waals surface area contributed by atoms with Gasteiger partial charge in [-0.15, -0.1) is 0 Å². The normalized spacial score (nSPS) is 25.3. The molecule has 0 bridgehead atoms. The number of rotatable bonds is 10. The maximum Gasteiger partial charge on any atom is 0.338 e. The summed E-state index contributed by atoms with van der Waals surface area (Å²) in [5, 5.41) is 30.3. The van der Waals surface area contributed by atoms with Crippen LogP contribution in [0.4, 0.5) is 8.78 Å². The Kier molecular flexibility index (Phi) is 8.56. The van der Waals surface area contributed by atoms with Gasteiger partial charge in [0.15, 0.2) is 0 Å². The van der Waals surface area contributed by atoms with Crippen LogP contribution in [0, 0.1) is 17.8 Å². The first-order chi connectivity index (χ1) is 14.6. The molecule has 172 valence electrons. The van der Waals surface area contributed by atoms with Gasteiger partial charge in [0.05, 0.1) is 29.8 Å². The number of allylic oxidation sites excluding steroid dienone is 1. The molecule has 31 heavy (non-hydrogen) atoms. The van der Waals surface area contributed by atoms with Gasteiger partial charge in [0.25, 0.3) is 5.92 Å². The highest BCUT2D eigenvalue weighted by atomic mass is 19.3. The Hall–Kier alpha value is -2.48. The van der Waals surface area contributed by atoms with Crippen LogP contribution in [0.3, 0.4) is 0 Å². The van der Waals surface area contributed by atoms with E-state index in [1.165, 1.54) is 19.1 Å². The van der Waals surface area contributed by atoms with Crippen LogP contribution in [-0.4, -0.2) is 45.4 Å². The molecular formula is C23H30F2O6. The van der Waals surface area contributed by atoms with Gasteiger partial charge < -0.3 is 20.1 Å². The molecule has 0 saturated heterocycles. The van der Waals surface area contributed by atoms with Crippen LogP contribution < -0.4 is 0 Å². The number of carbonyl (C=O) groups excluding carboxylic acids is 1. The molecule has 1 fully saturated rings. The van der Waals surface area contributed by atoms with Gasteiger partial charge in [0, 0.05) is 24.7 Å². The Balaban J connectivity index is 2.28. The van der Waals surface area contributed by atoms with E-state index in [2.05, 4.69) is 0 Å². The second kappa shape index (κ2) is 10.7. The van der Waals surface area contributed by atoms with Crippen molar-refractivity contribution in [2.24, 2.45) is 17.8 Å². The SMILES string of the molecule is CCCCC(F)(F)[C@@H](C)C=C(O)[C@@H]1[C@@H](CC(=O)O)[C@@H](O)C[C@H]1OC(=O)c1ccccc1. The first-order valence-corrected chi connectivity index (χ1v) is 10.5. The van der Waals surface area contributed by atoms with Crippen molar-refractivity contribution in [2.45, 2.75) is 64.1 Å². The number of aliphatic hydroxyl groups excluding tert-OH is 2. The lowest BCUT2D eigenvalue weighted by molar-refractivity contribution is -0.139. The van der Waals surface area contributed by atoms with E-state index in [1.54, 1.807) is 25.1 Å².